The van der Waals surface area contributed by atoms with Gasteiger partial charge in [-0.1, -0.05) is 30.3 Å². The molecule has 2 aromatic carbocycles. The number of hydrogen-bond acceptors (Lipinski definition) is 4. The lowest BCUT2D eigenvalue weighted by molar-refractivity contribution is -0.497. The van der Waals surface area contributed by atoms with E-state index < -0.39 is 12.0 Å². The summed E-state index contributed by atoms with van der Waals surface area (Å²) in [5, 5.41) is 14.9. The van der Waals surface area contributed by atoms with E-state index in [0.717, 1.165) is 27.7 Å². The van der Waals surface area contributed by atoms with E-state index in [2.05, 4.69) is 40.6 Å². The molecule has 2 N–H and O–H groups in total. The Morgan fingerprint density at radius 3 is 2.62 bits per heavy atom. The molecule has 1 heterocycles. The Kier molecular flexibility index (Phi) is 4.96. The fraction of sp³-hybridized carbons (Fsp3) is 0.318. The summed E-state index contributed by atoms with van der Waals surface area (Å²) in [6.07, 6.45) is 2.31. The van der Waals surface area contributed by atoms with Gasteiger partial charge in [0.05, 0.1) is 0 Å². The van der Waals surface area contributed by atoms with E-state index in [9.17, 15) is 14.9 Å². The normalized spacial score (nSPS) is 19.0. The van der Waals surface area contributed by atoms with Gasteiger partial charge in [-0.25, -0.2) is 0 Å². The first-order chi connectivity index (χ1) is 14.0. The number of para-hydroxylation sites is 1. The number of nitrogens with zero attached hydrogens (tertiary/aromatic N) is 2. The minimum Gasteiger partial charge on any atom is -0.378 e. The maximum atomic E-state index is 12.4. The van der Waals surface area contributed by atoms with E-state index in [0.29, 0.717) is 13.0 Å². The van der Waals surface area contributed by atoms with Crippen molar-refractivity contribution < 1.29 is 9.72 Å². The summed E-state index contributed by atoms with van der Waals surface area (Å²) >= 11 is 0. The number of nitrogens with one attached hydrogen (secondary N) is 2. The molecule has 150 valence electrons. The second-order valence-corrected chi connectivity index (χ2v) is 7.77. The molecular weight excluding hydrogens is 368 g/mol. The molecule has 7 heteroatoms. The molecule has 1 aliphatic rings. The van der Waals surface area contributed by atoms with Crippen LogP contribution < -0.4 is 10.2 Å². The molecule has 0 radical (unpaired) electrons. The molecule has 4 rings (SSSR count). The Balaban J connectivity index is 1.60. The van der Waals surface area contributed by atoms with Gasteiger partial charge in [0.25, 0.3) is 0 Å². The number of amides is 1. The number of nitro groups is 1. The molecule has 0 spiro atoms. The number of aromatic amines is 1. The van der Waals surface area contributed by atoms with Crippen molar-refractivity contribution in [3.8, 4) is 0 Å². The van der Waals surface area contributed by atoms with Crippen LogP contribution >= 0.6 is 0 Å². The smallest absolute Gasteiger partial charge is 0.230 e. The van der Waals surface area contributed by atoms with Gasteiger partial charge < -0.3 is 15.2 Å². The summed E-state index contributed by atoms with van der Waals surface area (Å²) in [5.41, 5.74) is 4.32. The van der Waals surface area contributed by atoms with Crippen molar-refractivity contribution in [1.82, 2.24) is 10.3 Å². The lowest BCUT2D eigenvalue weighted by atomic mass is 9.90. The van der Waals surface area contributed by atoms with Crippen LogP contribution in [0.1, 0.15) is 23.5 Å². The van der Waals surface area contributed by atoms with Crippen LogP contribution in [0.5, 0.6) is 0 Å². The molecule has 1 fully saturated rings. The molecule has 0 saturated heterocycles. The van der Waals surface area contributed by atoms with E-state index in [4.69, 9.17) is 0 Å². The van der Waals surface area contributed by atoms with E-state index in [1.165, 1.54) is 0 Å². The van der Waals surface area contributed by atoms with Crippen molar-refractivity contribution in [2.45, 2.75) is 18.4 Å². The number of rotatable bonds is 7. The third kappa shape index (κ3) is 3.81. The summed E-state index contributed by atoms with van der Waals surface area (Å²) in [5.74, 6) is -0.801. The zero-order valence-corrected chi connectivity index (χ0v) is 16.5. The molecule has 29 heavy (non-hydrogen) atoms. The van der Waals surface area contributed by atoms with Crippen LogP contribution in [0.15, 0.2) is 54.7 Å². The monoisotopic (exact) mass is 392 g/mol. The van der Waals surface area contributed by atoms with Crippen molar-refractivity contribution >= 4 is 22.5 Å². The van der Waals surface area contributed by atoms with Crippen molar-refractivity contribution in [3.05, 3.63) is 76.0 Å². The molecule has 1 aliphatic carbocycles. The van der Waals surface area contributed by atoms with E-state index in [1.54, 1.807) is 0 Å². The molecule has 0 aliphatic heterocycles. The second-order valence-electron chi connectivity index (χ2n) is 7.77. The summed E-state index contributed by atoms with van der Waals surface area (Å²) in [6.45, 7) is 0.392. The largest absolute Gasteiger partial charge is 0.378 e. The van der Waals surface area contributed by atoms with Gasteiger partial charge >= 0.3 is 0 Å². The summed E-state index contributed by atoms with van der Waals surface area (Å²) in [7, 11) is 3.99. The average Bonchev–Trinajstić information content (AvgIpc) is 3.43. The van der Waals surface area contributed by atoms with Crippen LogP contribution in [-0.2, 0) is 4.79 Å². The summed E-state index contributed by atoms with van der Waals surface area (Å²) in [6, 6.07) is 15.6. The topological polar surface area (TPSA) is 91.3 Å². The van der Waals surface area contributed by atoms with Gasteiger partial charge in [-0.2, -0.15) is 0 Å². The Bertz CT molecular complexity index is 1040. The minimum atomic E-state index is -0.735. The highest BCUT2D eigenvalue weighted by atomic mass is 16.6. The van der Waals surface area contributed by atoms with Gasteiger partial charge in [0.1, 0.15) is 5.92 Å². The van der Waals surface area contributed by atoms with Crippen LogP contribution in [0.2, 0.25) is 0 Å². The van der Waals surface area contributed by atoms with Crippen LogP contribution in [0.3, 0.4) is 0 Å². The van der Waals surface area contributed by atoms with Gasteiger partial charge in [0, 0.05) is 60.7 Å². The van der Waals surface area contributed by atoms with Gasteiger partial charge in [0.15, 0.2) is 0 Å². The molecule has 1 saturated carbocycles. The van der Waals surface area contributed by atoms with E-state index in [-0.39, 0.29) is 16.7 Å². The number of H-pyrrole nitrogens is 1. The fourth-order valence-electron chi connectivity index (χ4n) is 3.82. The number of fused-ring (bicyclic) bond motifs is 1. The number of carbonyl (C=O) groups is 1. The third-order valence-electron chi connectivity index (χ3n) is 5.65. The maximum absolute atomic E-state index is 12.4. The molecule has 3 atom stereocenters. The molecule has 0 unspecified atom stereocenters. The number of hydrogen-bond donors (Lipinski definition) is 2. The summed E-state index contributed by atoms with van der Waals surface area (Å²) < 4.78 is 0. The Morgan fingerprint density at radius 2 is 1.97 bits per heavy atom. The van der Waals surface area contributed by atoms with Crippen LogP contribution in [-0.4, -0.2) is 42.5 Å². The maximum Gasteiger partial charge on any atom is 0.230 e. The predicted octanol–water partition coefficient (Wildman–Crippen LogP) is 3.15. The highest BCUT2D eigenvalue weighted by molar-refractivity contribution is 5.85. The Labute approximate surface area is 168 Å². The average molecular weight is 392 g/mol. The number of carbonyl (C=O) groups excluding carboxylic acids is 1. The molecule has 0 bridgehead atoms. The quantitative estimate of drug-likeness (QED) is 0.477. The molecule has 3 aromatic rings. The lowest BCUT2D eigenvalue weighted by Gasteiger charge is -2.20. The van der Waals surface area contributed by atoms with E-state index in [1.807, 2.05) is 43.4 Å². The van der Waals surface area contributed by atoms with Crippen molar-refractivity contribution in [3.63, 3.8) is 0 Å². The van der Waals surface area contributed by atoms with Crippen LogP contribution in [0.25, 0.3) is 10.9 Å². The first-order valence-corrected chi connectivity index (χ1v) is 9.70. The minimum absolute atomic E-state index is 0.0564. The second kappa shape index (κ2) is 7.58. The van der Waals surface area contributed by atoms with Crippen LogP contribution in [0.4, 0.5) is 5.69 Å². The Morgan fingerprint density at radius 1 is 1.24 bits per heavy atom. The standard InChI is InChI=1S/C22H24N4O3/c1-25(2)15-9-7-14(8-10-15)18(12-24-22(27)17-11-21(17)26(28)29)19-13-23-20-6-4-3-5-16(19)20/h3-10,13,17-18,21,23H,11-12H2,1-2H3,(H,24,27)/t17-,18+,21-/m1/s1. The van der Waals surface area contributed by atoms with Gasteiger partial charge in [-0.15, -0.1) is 0 Å². The molecule has 7 nitrogen and oxygen atoms in total. The highest BCUT2D eigenvalue weighted by Crippen LogP contribution is 2.34. The summed E-state index contributed by atoms with van der Waals surface area (Å²) in [4.78, 5) is 28.3. The van der Waals surface area contributed by atoms with Gasteiger partial charge in [-0.05, 0) is 29.3 Å². The predicted molar refractivity (Wildman–Crippen MR) is 113 cm³/mol. The van der Waals surface area contributed by atoms with E-state index >= 15 is 0 Å². The SMILES string of the molecule is CN(C)c1ccc([C@H](CNC(=O)[C@@H]2C[C@H]2[N+](=O)[O-])c2c[nH]c3ccccc23)cc1. The first-order valence-electron chi connectivity index (χ1n) is 9.70. The first kappa shape index (κ1) is 19.0. The number of aromatic nitrogens is 1. The Hall–Kier alpha value is -3.35. The van der Waals surface area contributed by atoms with Crippen molar-refractivity contribution in [2.75, 3.05) is 25.5 Å². The van der Waals surface area contributed by atoms with Crippen molar-refractivity contribution in [2.24, 2.45) is 5.92 Å². The highest BCUT2D eigenvalue weighted by Gasteiger charge is 2.53. The zero-order valence-electron chi connectivity index (χ0n) is 16.5. The van der Waals surface area contributed by atoms with Crippen molar-refractivity contribution in [1.29, 1.82) is 0 Å². The number of anilines is 1. The molecular formula is C22H24N4O3. The zero-order chi connectivity index (χ0) is 20.5. The third-order valence-corrected chi connectivity index (χ3v) is 5.65. The molecule has 1 aromatic heterocycles. The fourth-order valence-corrected chi connectivity index (χ4v) is 3.82. The van der Waals surface area contributed by atoms with Gasteiger partial charge in [-0.3, -0.25) is 14.9 Å². The van der Waals surface area contributed by atoms with Crippen LogP contribution in [0, 0.1) is 16.0 Å². The van der Waals surface area contributed by atoms with Gasteiger partial charge in [0.2, 0.25) is 11.9 Å². The lowest BCUT2D eigenvalue weighted by Crippen LogP contribution is -2.31. The molecule has 1 amide bonds. The number of benzene rings is 2.